The second-order valence-corrected chi connectivity index (χ2v) is 7.11. The summed E-state index contributed by atoms with van der Waals surface area (Å²) in [5, 5.41) is 0. The Labute approximate surface area is 151 Å². The van der Waals surface area contributed by atoms with E-state index in [0.717, 1.165) is 18.8 Å². The van der Waals surface area contributed by atoms with Crippen molar-refractivity contribution in [2.75, 3.05) is 13.2 Å². The van der Waals surface area contributed by atoms with Crippen molar-refractivity contribution in [2.45, 2.75) is 57.3 Å². The van der Waals surface area contributed by atoms with Crippen molar-refractivity contribution in [3.63, 3.8) is 0 Å². The average Bonchev–Trinajstić information content (AvgIpc) is 2.68. The molecule has 25 heavy (non-hydrogen) atoms. The van der Waals surface area contributed by atoms with Crippen molar-refractivity contribution in [1.82, 2.24) is 0 Å². The van der Waals surface area contributed by atoms with E-state index >= 15 is 0 Å². The molecule has 2 atom stereocenters. The molecule has 1 aliphatic carbocycles. The van der Waals surface area contributed by atoms with Gasteiger partial charge in [-0.05, 0) is 30.4 Å². The Kier molecular flexibility index (Phi) is 7.13. The Hall–Kier alpha value is -1.58. The van der Waals surface area contributed by atoms with E-state index in [1.165, 1.54) is 37.7 Å². The van der Waals surface area contributed by atoms with Gasteiger partial charge in [0.2, 0.25) is 0 Å². The van der Waals surface area contributed by atoms with Gasteiger partial charge < -0.3 is 14.2 Å². The molecule has 0 N–H and O–H groups in total. The molecule has 3 nitrogen and oxygen atoms in total. The third-order valence-electron chi connectivity index (χ3n) is 5.01. The van der Waals surface area contributed by atoms with E-state index in [0.29, 0.717) is 19.1 Å². The highest BCUT2D eigenvalue weighted by Gasteiger charge is 2.23. The lowest BCUT2D eigenvalue weighted by atomic mass is 9.90. The third kappa shape index (κ3) is 6.02. The summed E-state index contributed by atoms with van der Waals surface area (Å²) in [5.41, 5.74) is 1.18. The quantitative estimate of drug-likeness (QED) is 0.620. The van der Waals surface area contributed by atoms with Crippen LogP contribution < -0.4 is 0 Å². The Morgan fingerprint density at radius 1 is 1.08 bits per heavy atom. The fraction of sp³-hybridized carbons (Fsp3) is 0.545. The van der Waals surface area contributed by atoms with E-state index < -0.39 is 0 Å². The van der Waals surface area contributed by atoms with Gasteiger partial charge in [-0.15, -0.1) is 6.58 Å². The molecule has 0 radical (unpaired) electrons. The molecule has 0 bridgehead atoms. The van der Waals surface area contributed by atoms with Gasteiger partial charge in [0.25, 0.3) is 0 Å². The first kappa shape index (κ1) is 18.2. The van der Waals surface area contributed by atoms with Crippen molar-refractivity contribution in [3.05, 3.63) is 60.4 Å². The van der Waals surface area contributed by atoms with Gasteiger partial charge in [0.1, 0.15) is 0 Å². The summed E-state index contributed by atoms with van der Waals surface area (Å²) in [5.74, 6) is 1.75. The Balaban J connectivity index is 1.45. The van der Waals surface area contributed by atoms with Crippen LogP contribution in [0.3, 0.4) is 0 Å². The Morgan fingerprint density at radius 3 is 2.64 bits per heavy atom. The van der Waals surface area contributed by atoms with Crippen molar-refractivity contribution in [2.24, 2.45) is 5.92 Å². The van der Waals surface area contributed by atoms with E-state index in [-0.39, 0.29) is 12.2 Å². The van der Waals surface area contributed by atoms with E-state index in [1.807, 2.05) is 24.3 Å². The molecule has 0 spiro atoms. The number of benzene rings is 1. The van der Waals surface area contributed by atoms with Gasteiger partial charge >= 0.3 is 0 Å². The molecule has 1 aromatic rings. The van der Waals surface area contributed by atoms with E-state index in [2.05, 4.69) is 24.8 Å². The zero-order chi connectivity index (χ0) is 17.3. The monoisotopic (exact) mass is 342 g/mol. The second-order valence-electron chi connectivity index (χ2n) is 7.11. The first-order chi connectivity index (χ1) is 12.3. The first-order valence-corrected chi connectivity index (χ1v) is 9.56. The van der Waals surface area contributed by atoms with Crippen LogP contribution in [0.5, 0.6) is 0 Å². The molecule has 1 aliphatic heterocycles. The van der Waals surface area contributed by atoms with Gasteiger partial charge in [0.05, 0.1) is 37.8 Å². The second kappa shape index (κ2) is 9.79. The van der Waals surface area contributed by atoms with Crippen molar-refractivity contribution >= 4 is 0 Å². The highest BCUT2D eigenvalue weighted by Crippen LogP contribution is 2.27. The highest BCUT2D eigenvalue weighted by molar-refractivity contribution is 5.13. The molecule has 0 aromatic heterocycles. The summed E-state index contributed by atoms with van der Waals surface area (Å²) in [6, 6.07) is 10.2. The molecular weight excluding hydrogens is 312 g/mol. The van der Waals surface area contributed by atoms with Crippen molar-refractivity contribution in [3.8, 4) is 0 Å². The summed E-state index contributed by atoms with van der Waals surface area (Å²) in [6.45, 7) is 5.89. The maximum Gasteiger partial charge on any atom is 0.0975 e. The van der Waals surface area contributed by atoms with Crippen LogP contribution in [-0.4, -0.2) is 25.4 Å². The van der Waals surface area contributed by atoms with Crippen LogP contribution in [0.4, 0.5) is 0 Å². The zero-order valence-corrected chi connectivity index (χ0v) is 15.1. The minimum Gasteiger partial charge on any atom is -0.498 e. The van der Waals surface area contributed by atoms with Gasteiger partial charge in [0.15, 0.2) is 0 Å². The standard InChI is InChI=1S/C22H30O3/c1-2-20-13-21(24-16-19-11-7-4-8-12-19)14-22(25-20)17-23-15-18-9-5-3-6-10-18/h2-3,5-6,9-10,13,19-20,22H,1,4,7-8,11-12,14-17H2/t20-,22+/m1/s1. The minimum atomic E-state index is -0.0829. The topological polar surface area (TPSA) is 27.7 Å². The van der Waals surface area contributed by atoms with Crippen LogP contribution in [0.25, 0.3) is 0 Å². The van der Waals surface area contributed by atoms with Gasteiger partial charge in [-0.3, -0.25) is 0 Å². The molecule has 136 valence electrons. The minimum absolute atomic E-state index is 0.0260. The van der Waals surface area contributed by atoms with Gasteiger partial charge in [0, 0.05) is 6.42 Å². The fourth-order valence-electron chi connectivity index (χ4n) is 3.58. The molecule has 3 heteroatoms. The van der Waals surface area contributed by atoms with E-state index in [1.54, 1.807) is 0 Å². The Bertz CT molecular complexity index is 546. The van der Waals surface area contributed by atoms with Crippen molar-refractivity contribution < 1.29 is 14.2 Å². The molecule has 1 fully saturated rings. The first-order valence-electron chi connectivity index (χ1n) is 9.56. The van der Waals surface area contributed by atoms with Crippen LogP contribution >= 0.6 is 0 Å². The predicted octanol–water partition coefficient (Wildman–Crippen LogP) is 5.03. The van der Waals surface area contributed by atoms with Crippen LogP contribution in [0.15, 0.2) is 54.8 Å². The molecule has 3 rings (SSSR count). The van der Waals surface area contributed by atoms with E-state index in [4.69, 9.17) is 14.2 Å². The van der Waals surface area contributed by atoms with Crippen LogP contribution in [0.1, 0.15) is 44.1 Å². The molecule has 0 unspecified atom stereocenters. The number of hydrogen-bond acceptors (Lipinski definition) is 3. The molecular formula is C22H30O3. The fourth-order valence-corrected chi connectivity index (χ4v) is 3.58. The molecule has 0 amide bonds. The Morgan fingerprint density at radius 2 is 1.88 bits per heavy atom. The van der Waals surface area contributed by atoms with Crippen LogP contribution in [-0.2, 0) is 20.8 Å². The number of ether oxygens (including phenoxy) is 3. The summed E-state index contributed by atoms with van der Waals surface area (Å²) in [7, 11) is 0. The lowest BCUT2D eigenvalue weighted by Gasteiger charge is -2.29. The molecule has 0 saturated heterocycles. The summed E-state index contributed by atoms with van der Waals surface area (Å²) >= 11 is 0. The molecule has 1 heterocycles. The number of rotatable bonds is 8. The average molecular weight is 342 g/mol. The molecule has 2 aliphatic rings. The summed E-state index contributed by atoms with van der Waals surface area (Å²) in [4.78, 5) is 0. The van der Waals surface area contributed by atoms with Crippen LogP contribution in [0.2, 0.25) is 0 Å². The third-order valence-corrected chi connectivity index (χ3v) is 5.01. The highest BCUT2D eigenvalue weighted by atomic mass is 16.5. The smallest absolute Gasteiger partial charge is 0.0975 e. The SMILES string of the molecule is C=C[C@@H]1C=C(OCC2CCCCC2)C[C@@H](COCc2ccccc2)O1. The van der Waals surface area contributed by atoms with E-state index in [9.17, 15) is 0 Å². The summed E-state index contributed by atoms with van der Waals surface area (Å²) in [6.07, 6.45) is 11.3. The maximum atomic E-state index is 6.13. The lowest BCUT2D eigenvalue weighted by molar-refractivity contribution is -0.0498. The van der Waals surface area contributed by atoms with Crippen LogP contribution in [0, 0.1) is 5.92 Å². The normalized spacial score (nSPS) is 24.6. The molecule has 1 saturated carbocycles. The zero-order valence-electron chi connectivity index (χ0n) is 15.1. The summed E-state index contributed by atoms with van der Waals surface area (Å²) < 4.78 is 18.0. The number of hydrogen-bond donors (Lipinski definition) is 0. The van der Waals surface area contributed by atoms with Gasteiger partial charge in [-0.2, -0.15) is 0 Å². The molecule has 1 aromatic carbocycles. The van der Waals surface area contributed by atoms with Gasteiger partial charge in [-0.1, -0.05) is 55.7 Å². The predicted molar refractivity (Wildman–Crippen MR) is 100 cm³/mol. The largest absolute Gasteiger partial charge is 0.498 e. The van der Waals surface area contributed by atoms with Gasteiger partial charge in [-0.25, -0.2) is 0 Å². The van der Waals surface area contributed by atoms with Crippen molar-refractivity contribution in [1.29, 1.82) is 0 Å². The lowest BCUT2D eigenvalue weighted by Crippen LogP contribution is -2.30. The maximum absolute atomic E-state index is 6.13.